The summed E-state index contributed by atoms with van der Waals surface area (Å²) in [6.45, 7) is 6.09. The van der Waals surface area contributed by atoms with Crippen LogP contribution in [0.4, 0.5) is 0 Å². The van der Waals surface area contributed by atoms with E-state index in [0.717, 1.165) is 71.2 Å². The molecule has 334 valence electrons. The molecular weight excluding hydrogens is 757 g/mol. The summed E-state index contributed by atoms with van der Waals surface area (Å²) >= 11 is 0. The van der Waals surface area contributed by atoms with Crippen LogP contribution in [0.3, 0.4) is 0 Å². The third-order valence-corrected chi connectivity index (χ3v) is 11.7. The highest BCUT2D eigenvalue weighted by Gasteiger charge is 2.03. The molecule has 0 N–H and O–H groups in total. The van der Waals surface area contributed by atoms with Crippen LogP contribution in [0.5, 0.6) is 11.5 Å². The molecule has 4 rings (SSSR count). The summed E-state index contributed by atoms with van der Waals surface area (Å²) < 4.78 is 12.1. The Morgan fingerprint density at radius 3 is 0.952 bits per heavy atom. The molecule has 0 amide bonds. The van der Waals surface area contributed by atoms with Crippen molar-refractivity contribution < 1.29 is 9.47 Å². The number of unbranched alkanes of at least 4 members (excludes halogenated alkanes) is 26. The summed E-state index contributed by atoms with van der Waals surface area (Å²) in [5, 5.41) is 0. The van der Waals surface area contributed by atoms with E-state index >= 15 is 0 Å². The van der Waals surface area contributed by atoms with E-state index in [0.29, 0.717) is 0 Å². The second-order valence-corrected chi connectivity index (χ2v) is 17.3. The fraction of sp³-hybridized carbons (Fsp3) is 0.552. The van der Waals surface area contributed by atoms with Crippen LogP contribution in [0.1, 0.15) is 216 Å². The van der Waals surface area contributed by atoms with Crippen LogP contribution in [0.25, 0.3) is 11.4 Å². The van der Waals surface area contributed by atoms with E-state index < -0.39 is 0 Å². The fourth-order valence-electron chi connectivity index (χ4n) is 7.83. The van der Waals surface area contributed by atoms with Gasteiger partial charge in [0.15, 0.2) is 0 Å². The minimum atomic E-state index is 0.755. The van der Waals surface area contributed by atoms with E-state index in [1.807, 2.05) is 85.2 Å². The third-order valence-electron chi connectivity index (χ3n) is 11.7. The molecule has 0 spiro atoms. The number of pyridine rings is 2. The van der Waals surface area contributed by atoms with E-state index in [9.17, 15) is 0 Å². The number of aromatic nitrogens is 2. The van der Waals surface area contributed by atoms with Gasteiger partial charge < -0.3 is 9.47 Å². The Balaban J connectivity index is 1.07. The molecule has 0 atom stereocenters. The van der Waals surface area contributed by atoms with Gasteiger partial charge in [-0.05, 0) is 73.5 Å². The molecule has 0 radical (unpaired) electrons. The first-order chi connectivity index (χ1) is 30.7. The Bertz CT molecular complexity index is 1710. The molecule has 0 aliphatic rings. The zero-order valence-corrected chi connectivity index (χ0v) is 39.0. The summed E-state index contributed by atoms with van der Waals surface area (Å²) in [4.78, 5) is 9.29. The molecule has 0 unspecified atom stereocenters. The van der Waals surface area contributed by atoms with Crippen LogP contribution in [0.2, 0.25) is 0 Å². The molecule has 62 heavy (non-hydrogen) atoms. The van der Waals surface area contributed by atoms with Crippen LogP contribution in [-0.2, 0) is 0 Å². The van der Waals surface area contributed by atoms with E-state index in [-0.39, 0.29) is 0 Å². The molecule has 0 fully saturated rings. The summed E-state index contributed by atoms with van der Waals surface area (Å²) in [5.41, 5.74) is 5.19. The predicted molar refractivity (Wildman–Crippen MR) is 264 cm³/mol. The summed E-state index contributed by atoms with van der Waals surface area (Å²) in [6, 6.07) is 24.1. The maximum absolute atomic E-state index is 6.06. The first-order valence-corrected chi connectivity index (χ1v) is 25.2. The molecule has 2 aromatic heterocycles. The van der Waals surface area contributed by atoms with E-state index in [1.54, 1.807) is 0 Å². The molecule has 0 saturated carbocycles. The molecule has 2 aromatic carbocycles. The van der Waals surface area contributed by atoms with Crippen LogP contribution in [0, 0.1) is 23.7 Å². The summed E-state index contributed by atoms with van der Waals surface area (Å²) in [7, 11) is 0. The molecule has 0 saturated heterocycles. The van der Waals surface area contributed by atoms with Crippen molar-refractivity contribution in [3.63, 3.8) is 0 Å². The van der Waals surface area contributed by atoms with Crippen molar-refractivity contribution in [2.45, 2.75) is 194 Å². The number of ether oxygens (including phenoxy) is 2. The molecule has 0 aliphatic heterocycles. The van der Waals surface area contributed by atoms with Gasteiger partial charge in [-0.15, -0.1) is 0 Å². The minimum Gasteiger partial charge on any atom is -0.494 e. The summed E-state index contributed by atoms with van der Waals surface area (Å²) in [5.74, 6) is 14.8. The van der Waals surface area contributed by atoms with Gasteiger partial charge in [0.1, 0.15) is 11.5 Å². The van der Waals surface area contributed by atoms with E-state index in [1.165, 1.54) is 167 Å². The lowest BCUT2D eigenvalue weighted by Gasteiger charge is -2.07. The number of rotatable bonds is 33. The molecule has 0 bridgehead atoms. The van der Waals surface area contributed by atoms with E-state index in [4.69, 9.17) is 9.47 Å². The SMILES string of the molecule is CCCCCCCCCCCCCCCCOc1cccc(C#Cc2ccc(-c3ccc(C#Cc4cccc(OCCCCCCCCCCCCCCCC)c4)cn3)nc2)c1. The van der Waals surface area contributed by atoms with Gasteiger partial charge in [0, 0.05) is 34.6 Å². The number of hydrogen-bond acceptors (Lipinski definition) is 4. The Labute approximate surface area is 378 Å². The van der Waals surface area contributed by atoms with Crippen molar-refractivity contribution >= 4 is 0 Å². The molecule has 4 aromatic rings. The monoisotopic (exact) mass is 837 g/mol. The largest absolute Gasteiger partial charge is 0.494 e. The zero-order valence-electron chi connectivity index (χ0n) is 39.0. The Morgan fingerprint density at radius 1 is 0.339 bits per heavy atom. The topological polar surface area (TPSA) is 44.2 Å². The lowest BCUT2D eigenvalue weighted by molar-refractivity contribution is 0.304. The van der Waals surface area contributed by atoms with Crippen LogP contribution in [-0.4, -0.2) is 23.2 Å². The van der Waals surface area contributed by atoms with Gasteiger partial charge in [-0.3, -0.25) is 9.97 Å². The van der Waals surface area contributed by atoms with Crippen LogP contribution >= 0.6 is 0 Å². The second kappa shape index (κ2) is 34.0. The van der Waals surface area contributed by atoms with Gasteiger partial charge in [0.05, 0.1) is 24.6 Å². The lowest BCUT2D eigenvalue weighted by atomic mass is 10.0. The molecule has 0 aliphatic carbocycles. The smallest absolute Gasteiger partial charge is 0.120 e. The molecular formula is C58H80N2O2. The quantitative estimate of drug-likeness (QED) is 0.0354. The first-order valence-electron chi connectivity index (χ1n) is 25.2. The van der Waals surface area contributed by atoms with E-state index in [2.05, 4.69) is 47.5 Å². The highest BCUT2D eigenvalue weighted by Crippen LogP contribution is 2.19. The van der Waals surface area contributed by atoms with Crippen molar-refractivity contribution in [3.05, 3.63) is 107 Å². The van der Waals surface area contributed by atoms with Crippen molar-refractivity contribution in [2.24, 2.45) is 0 Å². The highest BCUT2D eigenvalue weighted by atomic mass is 16.5. The van der Waals surface area contributed by atoms with Gasteiger partial charge >= 0.3 is 0 Å². The molecule has 2 heterocycles. The highest BCUT2D eigenvalue weighted by molar-refractivity contribution is 5.57. The van der Waals surface area contributed by atoms with Crippen molar-refractivity contribution in [1.82, 2.24) is 9.97 Å². The number of hydrogen-bond donors (Lipinski definition) is 0. The Hall–Kier alpha value is -4.54. The summed E-state index contributed by atoms with van der Waals surface area (Å²) in [6.07, 6.45) is 41.7. The fourth-order valence-corrected chi connectivity index (χ4v) is 7.83. The molecule has 4 heteroatoms. The van der Waals surface area contributed by atoms with Gasteiger partial charge in [-0.2, -0.15) is 0 Å². The average Bonchev–Trinajstić information content (AvgIpc) is 3.31. The van der Waals surface area contributed by atoms with Gasteiger partial charge in [0.2, 0.25) is 0 Å². The normalized spacial score (nSPS) is 10.8. The third kappa shape index (κ3) is 23.6. The van der Waals surface area contributed by atoms with Crippen molar-refractivity contribution in [2.75, 3.05) is 13.2 Å². The van der Waals surface area contributed by atoms with Crippen LogP contribution in [0.15, 0.2) is 85.2 Å². The standard InChI is InChI=1S/C58H80N2O2/c1-3-5-7-9-11-13-15-17-19-21-23-25-27-29-45-61-55-35-31-33-51(47-55)37-39-53-41-43-57(59-49-53)58-44-42-54(50-60-58)40-38-52-34-32-36-56(48-52)62-46-30-28-26-24-22-20-18-16-14-12-10-8-6-4-2/h31-36,41-44,47-50H,3-30,45-46H2,1-2H3. The lowest BCUT2D eigenvalue weighted by Crippen LogP contribution is -1.97. The Kier molecular flexibility index (Phi) is 27.5. The Morgan fingerprint density at radius 2 is 0.645 bits per heavy atom. The second-order valence-electron chi connectivity index (χ2n) is 17.3. The zero-order chi connectivity index (χ0) is 43.4. The van der Waals surface area contributed by atoms with Crippen molar-refractivity contribution in [3.8, 4) is 46.6 Å². The van der Waals surface area contributed by atoms with Gasteiger partial charge in [-0.1, -0.05) is 217 Å². The number of nitrogens with zero attached hydrogens (tertiary/aromatic N) is 2. The predicted octanol–water partition coefficient (Wildman–Crippen LogP) is 16.7. The maximum atomic E-state index is 6.06. The average molecular weight is 837 g/mol. The maximum Gasteiger partial charge on any atom is 0.120 e. The minimum absolute atomic E-state index is 0.755. The molecule has 4 nitrogen and oxygen atoms in total. The number of benzene rings is 2. The van der Waals surface area contributed by atoms with Crippen molar-refractivity contribution in [1.29, 1.82) is 0 Å². The van der Waals surface area contributed by atoms with Gasteiger partial charge in [0.25, 0.3) is 0 Å². The first kappa shape index (κ1) is 50.1. The van der Waals surface area contributed by atoms with Crippen LogP contribution < -0.4 is 9.47 Å². The van der Waals surface area contributed by atoms with Gasteiger partial charge in [-0.25, -0.2) is 0 Å².